The van der Waals surface area contributed by atoms with E-state index in [0.29, 0.717) is 17.8 Å². The minimum Gasteiger partial charge on any atom is -0.306 e. The van der Waals surface area contributed by atoms with Gasteiger partial charge in [0.1, 0.15) is 16.5 Å². The first-order valence-electron chi connectivity index (χ1n) is 11.6. The summed E-state index contributed by atoms with van der Waals surface area (Å²) in [5.41, 5.74) is 0.910. The lowest BCUT2D eigenvalue weighted by Gasteiger charge is -2.27. The number of pyridine rings is 1. The number of aromatic nitrogens is 2. The first-order chi connectivity index (χ1) is 17.7. The fraction of sp³-hybridized carbons (Fsp3) is 0.231. The SMILES string of the molecule is CN1CCC(c2nc(-c3cccc(NS(=O)(=O)c4cc(F)ccc4F)c3F)c(-c3ccncc3)s2)CC1. The zero-order valence-electron chi connectivity index (χ0n) is 19.8. The summed E-state index contributed by atoms with van der Waals surface area (Å²) < 4.78 is 71.3. The molecule has 0 atom stereocenters. The highest BCUT2D eigenvalue weighted by atomic mass is 32.2. The Morgan fingerprint density at radius 1 is 1.03 bits per heavy atom. The fourth-order valence-electron chi connectivity index (χ4n) is 4.32. The minimum absolute atomic E-state index is 0.0992. The van der Waals surface area contributed by atoms with Crippen LogP contribution in [0.5, 0.6) is 0 Å². The standard InChI is InChI=1S/C26H23F3N4O2S2/c1-33-13-9-17(10-14-33)26-31-24(25(36-26)16-7-11-30-12-8-16)19-3-2-4-21(23(19)29)32-37(34,35)22-15-18(27)5-6-20(22)28/h2-8,11-12,15,17,32H,9-10,13-14H2,1H3. The highest BCUT2D eigenvalue weighted by Crippen LogP contribution is 2.43. The number of benzene rings is 2. The van der Waals surface area contributed by atoms with Gasteiger partial charge in [-0.3, -0.25) is 9.71 Å². The van der Waals surface area contributed by atoms with Gasteiger partial charge >= 0.3 is 0 Å². The van der Waals surface area contributed by atoms with Gasteiger partial charge in [0.05, 0.1) is 21.3 Å². The lowest BCUT2D eigenvalue weighted by atomic mass is 9.98. The smallest absolute Gasteiger partial charge is 0.265 e. The van der Waals surface area contributed by atoms with Crippen molar-refractivity contribution in [1.29, 1.82) is 0 Å². The molecule has 5 rings (SSSR count). The van der Waals surface area contributed by atoms with Gasteiger partial charge in [-0.1, -0.05) is 6.07 Å². The fourth-order valence-corrected chi connectivity index (χ4v) is 6.73. The van der Waals surface area contributed by atoms with Gasteiger partial charge < -0.3 is 4.90 Å². The van der Waals surface area contributed by atoms with Crippen molar-refractivity contribution in [3.63, 3.8) is 0 Å². The Hall–Kier alpha value is -3.28. The minimum atomic E-state index is -4.60. The molecule has 6 nitrogen and oxygen atoms in total. The molecule has 0 bridgehead atoms. The molecule has 2 aromatic heterocycles. The Morgan fingerprint density at radius 2 is 1.76 bits per heavy atom. The lowest BCUT2D eigenvalue weighted by molar-refractivity contribution is 0.255. The van der Waals surface area contributed by atoms with E-state index in [2.05, 4.69) is 21.7 Å². The molecule has 1 aliphatic heterocycles. The average Bonchev–Trinajstić information content (AvgIpc) is 3.33. The summed E-state index contributed by atoms with van der Waals surface area (Å²) in [6.07, 6.45) is 5.15. The molecular formula is C26H23F3N4O2S2. The maximum Gasteiger partial charge on any atom is 0.265 e. The zero-order valence-corrected chi connectivity index (χ0v) is 21.4. The number of halogens is 3. The highest BCUT2D eigenvalue weighted by Gasteiger charge is 2.27. The monoisotopic (exact) mass is 544 g/mol. The average molecular weight is 545 g/mol. The third kappa shape index (κ3) is 5.25. The van der Waals surface area contributed by atoms with Gasteiger partial charge in [-0.2, -0.15) is 0 Å². The van der Waals surface area contributed by atoms with Crippen molar-refractivity contribution >= 4 is 27.0 Å². The van der Waals surface area contributed by atoms with Crippen LogP contribution < -0.4 is 4.72 Å². The first-order valence-corrected chi connectivity index (χ1v) is 13.9. The van der Waals surface area contributed by atoms with E-state index in [4.69, 9.17) is 4.98 Å². The van der Waals surface area contributed by atoms with Crippen molar-refractivity contribution in [2.45, 2.75) is 23.7 Å². The summed E-state index contributed by atoms with van der Waals surface area (Å²) in [7, 11) is -2.53. The Labute approximate surface area is 216 Å². The third-order valence-corrected chi connectivity index (χ3v) is 8.98. The van der Waals surface area contributed by atoms with Crippen molar-refractivity contribution in [1.82, 2.24) is 14.9 Å². The molecule has 1 aliphatic rings. The molecular weight excluding hydrogens is 521 g/mol. The normalized spacial score (nSPS) is 15.1. The van der Waals surface area contributed by atoms with Crippen LogP contribution in [0.3, 0.4) is 0 Å². The van der Waals surface area contributed by atoms with Gasteiger partial charge in [-0.05, 0) is 81.0 Å². The van der Waals surface area contributed by atoms with E-state index in [9.17, 15) is 17.2 Å². The second-order valence-corrected chi connectivity index (χ2v) is 11.6. The van der Waals surface area contributed by atoms with E-state index < -0.39 is 38.1 Å². The van der Waals surface area contributed by atoms with Crippen LogP contribution in [0.1, 0.15) is 23.8 Å². The van der Waals surface area contributed by atoms with Gasteiger partial charge in [0, 0.05) is 23.9 Å². The molecule has 0 unspecified atom stereocenters. The Bertz CT molecular complexity index is 1540. The largest absolute Gasteiger partial charge is 0.306 e. The van der Waals surface area contributed by atoms with Crippen molar-refractivity contribution in [3.05, 3.63) is 83.4 Å². The van der Waals surface area contributed by atoms with Crippen LogP contribution in [0.4, 0.5) is 18.9 Å². The van der Waals surface area contributed by atoms with E-state index in [0.717, 1.165) is 47.4 Å². The predicted octanol–water partition coefficient (Wildman–Crippen LogP) is 5.90. The van der Waals surface area contributed by atoms with Crippen LogP contribution >= 0.6 is 11.3 Å². The molecule has 3 heterocycles. The van der Waals surface area contributed by atoms with Crippen LogP contribution in [0.2, 0.25) is 0 Å². The number of piperidine rings is 1. The van der Waals surface area contributed by atoms with Crippen molar-refractivity contribution in [2.75, 3.05) is 24.9 Å². The molecule has 1 N–H and O–H groups in total. The number of anilines is 1. The molecule has 11 heteroatoms. The zero-order chi connectivity index (χ0) is 26.2. The number of sulfonamides is 1. The summed E-state index contributed by atoms with van der Waals surface area (Å²) in [4.78, 5) is 11.0. The number of likely N-dealkylation sites (tertiary alicyclic amines) is 1. The van der Waals surface area contributed by atoms with E-state index in [1.54, 1.807) is 12.4 Å². The summed E-state index contributed by atoms with van der Waals surface area (Å²) >= 11 is 1.49. The number of thiazole rings is 1. The molecule has 1 fully saturated rings. The number of hydrogen-bond donors (Lipinski definition) is 1. The number of rotatable bonds is 6. The van der Waals surface area contributed by atoms with Crippen LogP contribution in [0.15, 0.2) is 65.8 Å². The summed E-state index contributed by atoms with van der Waals surface area (Å²) in [6, 6.07) is 9.92. The second kappa shape index (κ2) is 10.2. The summed E-state index contributed by atoms with van der Waals surface area (Å²) in [6.45, 7) is 1.87. The quantitative estimate of drug-likeness (QED) is 0.327. The molecule has 1 saturated heterocycles. The maximum absolute atomic E-state index is 15.8. The van der Waals surface area contributed by atoms with E-state index in [1.807, 2.05) is 12.1 Å². The molecule has 0 aliphatic carbocycles. The molecule has 37 heavy (non-hydrogen) atoms. The Balaban J connectivity index is 1.57. The number of nitrogens with one attached hydrogen (secondary N) is 1. The first kappa shape index (κ1) is 25.4. The molecule has 0 spiro atoms. The molecule has 0 amide bonds. The molecule has 2 aromatic carbocycles. The van der Waals surface area contributed by atoms with Gasteiger partial charge in [0.2, 0.25) is 0 Å². The summed E-state index contributed by atoms with van der Waals surface area (Å²) in [5.74, 6) is -2.70. The highest BCUT2D eigenvalue weighted by molar-refractivity contribution is 7.92. The van der Waals surface area contributed by atoms with Gasteiger partial charge in [-0.25, -0.2) is 26.6 Å². The Morgan fingerprint density at radius 3 is 2.49 bits per heavy atom. The van der Waals surface area contributed by atoms with E-state index >= 15 is 4.39 Å². The van der Waals surface area contributed by atoms with E-state index in [1.165, 1.54) is 29.5 Å². The second-order valence-electron chi connectivity index (χ2n) is 8.89. The van der Waals surface area contributed by atoms with Gasteiger partial charge in [0.25, 0.3) is 10.0 Å². The lowest BCUT2D eigenvalue weighted by Crippen LogP contribution is -2.29. The van der Waals surface area contributed by atoms with Crippen molar-refractivity contribution < 1.29 is 21.6 Å². The van der Waals surface area contributed by atoms with Crippen LogP contribution in [-0.2, 0) is 10.0 Å². The van der Waals surface area contributed by atoms with Crippen molar-refractivity contribution in [2.24, 2.45) is 0 Å². The number of nitrogens with zero attached hydrogens (tertiary/aromatic N) is 3. The van der Waals surface area contributed by atoms with Crippen LogP contribution in [0.25, 0.3) is 21.7 Å². The van der Waals surface area contributed by atoms with Gasteiger partial charge in [0.15, 0.2) is 5.82 Å². The maximum atomic E-state index is 15.8. The number of hydrogen-bond acceptors (Lipinski definition) is 6. The Kier molecular flexibility index (Phi) is 7.02. The predicted molar refractivity (Wildman–Crippen MR) is 137 cm³/mol. The molecule has 0 saturated carbocycles. The van der Waals surface area contributed by atoms with E-state index in [-0.39, 0.29) is 11.5 Å². The van der Waals surface area contributed by atoms with Crippen LogP contribution in [0, 0.1) is 17.5 Å². The topological polar surface area (TPSA) is 75.2 Å². The molecule has 4 aromatic rings. The third-order valence-electron chi connectivity index (χ3n) is 6.33. The van der Waals surface area contributed by atoms with Gasteiger partial charge in [-0.15, -0.1) is 11.3 Å². The molecule has 192 valence electrons. The van der Waals surface area contributed by atoms with Crippen LogP contribution in [-0.4, -0.2) is 43.4 Å². The van der Waals surface area contributed by atoms with Crippen molar-refractivity contribution in [3.8, 4) is 21.7 Å². The molecule has 0 radical (unpaired) electrons. The summed E-state index contributed by atoms with van der Waals surface area (Å²) in [5, 5.41) is 0.891.